The summed E-state index contributed by atoms with van der Waals surface area (Å²) >= 11 is 1.60. The van der Waals surface area contributed by atoms with Crippen LogP contribution >= 0.6 is 11.3 Å². The molecule has 0 atom stereocenters. The van der Waals surface area contributed by atoms with Crippen LogP contribution in [-0.2, 0) is 17.2 Å². The number of nitrogens with one attached hydrogen (secondary N) is 1. The number of hydrogen-bond acceptors (Lipinski definition) is 7. The van der Waals surface area contributed by atoms with E-state index in [0.717, 1.165) is 51.6 Å². The first-order chi connectivity index (χ1) is 17.0. The fourth-order valence-electron chi connectivity index (χ4n) is 5.08. The highest BCUT2D eigenvalue weighted by atomic mass is 32.1. The monoisotopic (exact) mass is 490 g/mol. The van der Waals surface area contributed by atoms with Gasteiger partial charge >= 0.3 is 0 Å². The van der Waals surface area contributed by atoms with E-state index in [2.05, 4.69) is 16.5 Å². The Balaban J connectivity index is 1.35. The molecule has 3 aromatic heterocycles. The molecule has 1 N–H and O–H groups in total. The molecular weight excluding hydrogens is 464 g/mol. The van der Waals surface area contributed by atoms with Crippen molar-refractivity contribution in [2.45, 2.75) is 25.2 Å². The molecule has 2 aliphatic rings. The fourth-order valence-corrected chi connectivity index (χ4v) is 5.76. The largest absolute Gasteiger partial charge is 0.454 e. The van der Waals surface area contributed by atoms with Crippen molar-refractivity contribution in [1.82, 2.24) is 20.1 Å². The van der Waals surface area contributed by atoms with E-state index < -0.39 is 0 Å². The van der Waals surface area contributed by atoms with Gasteiger partial charge in [-0.25, -0.2) is 4.98 Å². The van der Waals surface area contributed by atoms with Gasteiger partial charge in [-0.05, 0) is 55.0 Å². The van der Waals surface area contributed by atoms with Crippen molar-refractivity contribution < 1.29 is 19.0 Å². The summed E-state index contributed by atoms with van der Waals surface area (Å²) in [6.07, 6.45) is 1.62. The Morgan fingerprint density at radius 1 is 1.17 bits per heavy atom. The molecule has 9 heteroatoms. The van der Waals surface area contributed by atoms with Crippen molar-refractivity contribution in [3.8, 4) is 22.1 Å². The van der Waals surface area contributed by atoms with Crippen LogP contribution in [0.25, 0.3) is 21.6 Å². The lowest BCUT2D eigenvalue weighted by Crippen LogP contribution is -2.44. The predicted octanol–water partition coefficient (Wildman–Crippen LogP) is 4.21. The molecular formula is C26H26N4O4S. The van der Waals surface area contributed by atoms with Gasteiger partial charge in [-0.1, -0.05) is 12.1 Å². The number of aryl methyl sites for hydroxylation is 2. The zero-order valence-corrected chi connectivity index (χ0v) is 20.5. The molecule has 2 aliphatic heterocycles. The highest BCUT2D eigenvalue weighted by Gasteiger charge is 2.36. The summed E-state index contributed by atoms with van der Waals surface area (Å²) in [4.78, 5) is 19.5. The molecule has 35 heavy (non-hydrogen) atoms. The number of carbonyl (C=O) groups is 1. The minimum Gasteiger partial charge on any atom is -0.454 e. The van der Waals surface area contributed by atoms with Crippen LogP contribution in [0.3, 0.4) is 0 Å². The highest BCUT2D eigenvalue weighted by Crippen LogP contribution is 2.40. The van der Waals surface area contributed by atoms with Crippen LogP contribution in [0.4, 0.5) is 0 Å². The second kappa shape index (κ2) is 8.66. The molecule has 0 radical (unpaired) electrons. The lowest BCUT2D eigenvalue weighted by Gasteiger charge is -2.38. The maximum atomic E-state index is 13.7. The van der Waals surface area contributed by atoms with E-state index >= 15 is 0 Å². The second-order valence-electron chi connectivity index (χ2n) is 9.08. The van der Waals surface area contributed by atoms with Crippen LogP contribution in [0.2, 0.25) is 0 Å². The van der Waals surface area contributed by atoms with Gasteiger partial charge in [-0.2, -0.15) is 5.10 Å². The molecule has 4 aromatic rings. The van der Waals surface area contributed by atoms with Gasteiger partial charge in [-0.15, -0.1) is 11.3 Å². The number of amides is 1. The van der Waals surface area contributed by atoms with Gasteiger partial charge in [0.15, 0.2) is 17.1 Å². The Morgan fingerprint density at radius 2 is 2.00 bits per heavy atom. The Bertz CT molecular complexity index is 1410. The Morgan fingerprint density at radius 3 is 2.80 bits per heavy atom. The average molecular weight is 491 g/mol. The molecule has 1 saturated heterocycles. The number of thiophene rings is 1. The van der Waals surface area contributed by atoms with E-state index in [1.807, 2.05) is 49.7 Å². The Hall–Kier alpha value is -3.43. The third kappa shape index (κ3) is 3.84. The third-order valence-electron chi connectivity index (χ3n) is 7.01. The van der Waals surface area contributed by atoms with Gasteiger partial charge in [0.1, 0.15) is 0 Å². The summed E-state index contributed by atoms with van der Waals surface area (Å²) in [6.45, 7) is 3.94. The molecule has 180 valence electrons. The van der Waals surface area contributed by atoms with Crippen LogP contribution in [0, 0.1) is 6.92 Å². The highest BCUT2D eigenvalue weighted by molar-refractivity contribution is 7.13. The van der Waals surface area contributed by atoms with E-state index in [-0.39, 0.29) is 18.1 Å². The normalized spacial score (nSPS) is 16.5. The number of carbonyl (C=O) groups excluding carboxylic acids is 1. The Labute approximate surface area is 206 Å². The molecule has 1 aromatic carbocycles. The number of aromatic nitrogens is 3. The van der Waals surface area contributed by atoms with Crippen LogP contribution in [0.1, 0.15) is 34.5 Å². The molecule has 8 nitrogen and oxygen atoms in total. The van der Waals surface area contributed by atoms with Gasteiger partial charge in [0.25, 0.3) is 5.91 Å². The number of ether oxygens (including phenoxy) is 3. The minimum absolute atomic E-state index is 0.127. The van der Waals surface area contributed by atoms with Crippen LogP contribution in [0.5, 0.6) is 11.5 Å². The van der Waals surface area contributed by atoms with E-state index in [9.17, 15) is 4.79 Å². The second-order valence-corrected chi connectivity index (χ2v) is 10.0. The van der Waals surface area contributed by atoms with Gasteiger partial charge in [0.2, 0.25) is 6.79 Å². The number of hydrogen-bond donors (Lipinski definition) is 1. The van der Waals surface area contributed by atoms with E-state index in [1.165, 1.54) is 0 Å². The summed E-state index contributed by atoms with van der Waals surface area (Å²) in [5.74, 6) is 1.38. The van der Waals surface area contributed by atoms with Crippen LogP contribution in [-0.4, -0.2) is 47.2 Å². The lowest BCUT2D eigenvalue weighted by molar-refractivity contribution is 0.0486. The van der Waals surface area contributed by atoms with Crippen LogP contribution in [0.15, 0.2) is 41.8 Å². The Kier molecular flexibility index (Phi) is 5.46. The fraction of sp³-hybridized carbons (Fsp3) is 0.346. The maximum absolute atomic E-state index is 13.7. The summed E-state index contributed by atoms with van der Waals surface area (Å²) < 4.78 is 18.5. The molecule has 6 rings (SSSR count). The molecule has 1 amide bonds. The first-order valence-electron chi connectivity index (χ1n) is 11.7. The SMILES string of the molecule is Cc1nn(C)c2nc(-c3cccs3)cc(C(=O)NCC3(c4ccc5c(c4)OCO5)CCOCC3)c12. The molecule has 0 unspecified atom stereocenters. The van der Waals surface area contributed by atoms with Crippen molar-refractivity contribution in [3.05, 3.63) is 58.6 Å². The zero-order chi connectivity index (χ0) is 24.0. The first kappa shape index (κ1) is 22.1. The zero-order valence-electron chi connectivity index (χ0n) is 19.7. The smallest absolute Gasteiger partial charge is 0.252 e. The number of benzene rings is 1. The predicted molar refractivity (Wildman–Crippen MR) is 133 cm³/mol. The van der Waals surface area contributed by atoms with Gasteiger partial charge in [0, 0.05) is 32.2 Å². The average Bonchev–Trinajstić information content (AvgIpc) is 3.63. The molecule has 5 heterocycles. The van der Waals surface area contributed by atoms with E-state index in [1.54, 1.807) is 16.0 Å². The lowest BCUT2D eigenvalue weighted by atomic mass is 9.74. The summed E-state index contributed by atoms with van der Waals surface area (Å²) in [6, 6.07) is 12.0. The maximum Gasteiger partial charge on any atom is 0.252 e. The van der Waals surface area contributed by atoms with E-state index in [4.69, 9.17) is 19.2 Å². The molecule has 1 fully saturated rings. The molecule has 0 spiro atoms. The van der Waals surface area contributed by atoms with Gasteiger partial charge in [-0.3, -0.25) is 9.48 Å². The van der Waals surface area contributed by atoms with Gasteiger partial charge < -0.3 is 19.5 Å². The first-order valence-corrected chi connectivity index (χ1v) is 12.6. The molecule has 0 aliphatic carbocycles. The summed E-state index contributed by atoms with van der Waals surface area (Å²) in [5, 5.41) is 10.6. The molecule has 0 bridgehead atoms. The van der Waals surface area contributed by atoms with Crippen LogP contribution < -0.4 is 14.8 Å². The van der Waals surface area contributed by atoms with Crippen molar-refractivity contribution >= 4 is 28.3 Å². The molecule has 0 saturated carbocycles. The van der Waals surface area contributed by atoms with Crippen molar-refractivity contribution in [3.63, 3.8) is 0 Å². The van der Waals surface area contributed by atoms with Crippen molar-refractivity contribution in [2.75, 3.05) is 26.6 Å². The van der Waals surface area contributed by atoms with Crippen molar-refractivity contribution in [2.24, 2.45) is 7.05 Å². The number of pyridine rings is 1. The minimum atomic E-state index is -0.248. The standard InChI is InChI=1S/C26H26N4O4S/c1-16-23-18(13-19(22-4-3-11-35-22)28-24(23)30(2)29-16)25(31)27-14-26(7-9-32-10-8-26)17-5-6-20-21(12-17)34-15-33-20/h3-6,11-13H,7-10,14-15H2,1-2H3,(H,27,31). The number of rotatable bonds is 5. The van der Waals surface area contributed by atoms with Crippen molar-refractivity contribution in [1.29, 1.82) is 0 Å². The number of nitrogens with zero attached hydrogens (tertiary/aromatic N) is 3. The van der Waals surface area contributed by atoms with Gasteiger partial charge in [0.05, 0.1) is 27.2 Å². The summed E-state index contributed by atoms with van der Waals surface area (Å²) in [7, 11) is 1.86. The summed E-state index contributed by atoms with van der Waals surface area (Å²) in [5.41, 5.74) is 3.74. The quantitative estimate of drug-likeness (QED) is 0.451. The number of fused-ring (bicyclic) bond motifs is 2. The topological polar surface area (TPSA) is 87.5 Å². The van der Waals surface area contributed by atoms with E-state index in [0.29, 0.717) is 31.0 Å². The third-order valence-corrected chi connectivity index (χ3v) is 7.90.